The molecule has 0 saturated heterocycles. The van der Waals surface area contributed by atoms with Gasteiger partial charge in [0.15, 0.2) is 0 Å². The van der Waals surface area contributed by atoms with Crippen LogP contribution in [0, 0.1) is 0 Å². The topological polar surface area (TPSA) is 57.6 Å². The molecule has 0 aliphatic carbocycles. The summed E-state index contributed by atoms with van der Waals surface area (Å²) < 4.78 is 0.925. The Labute approximate surface area is 107 Å². The first kappa shape index (κ1) is 12.1. The Kier molecular flexibility index (Phi) is 3.47. The van der Waals surface area contributed by atoms with Crippen molar-refractivity contribution in [3.05, 3.63) is 28.2 Å². The number of nitrogens with zero attached hydrogens (tertiary/aromatic N) is 1. The first-order valence-electron chi connectivity index (χ1n) is 5.38. The maximum Gasteiger partial charge on any atom is 0.303 e. The summed E-state index contributed by atoms with van der Waals surface area (Å²) in [7, 11) is 0. The number of fused-ring (bicyclic) bond motifs is 1. The van der Waals surface area contributed by atoms with Gasteiger partial charge in [0.1, 0.15) is 0 Å². The summed E-state index contributed by atoms with van der Waals surface area (Å²) in [5, 5.41) is 8.57. The number of aliphatic carboxylic acids is 1. The van der Waals surface area contributed by atoms with E-state index in [0.29, 0.717) is 6.54 Å². The van der Waals surface area contributed by atoms with Crippen molar-refractivity contribution >= 4 is 33.5 Å². The van der Waals surface area contributed by atoms with Gasteiger partial charge in [0.25, 0.3) is 0 Å². The number of carboxylic acid groups (broad SMARTS) is 1. The molecule has 1 N–H and O–H groups in total. The fourth-order valence-electron chi connectivity index (χ4n) is 1.96. The second kappa shape index (κ2) is 4.87. The molecule has 0 atom stereocenters. The lowest BCUT2D eigenvalue weighted by molar-refractivity contribution is -0.138. The van der Waals surface area contributed by atoms with Crippen molar-refractivity contribution in [3.8, 4) is 0 Å². The van der Waals surface area contributed by atoms with Crippen molar-refractivity contribution in [1.82, 2.24) is 0 Å². The predicted octanol–water partition coefficient (Wildman–Crippen LogP) is 2.20. The molecule has 1 amide bonds. The van der Waals surface area contributed by atoms with Gasteiger partial charge < -0.3 is 10.0 Å². The molecular weight excluding hydrogens is 286 g/mol. The van der Waals surface area contributed by atoms with Crippen LogP contribution in [0.1, 0.15) is 18.4 Å². The Hall–Kier alpha value is -1.36. The Morgan fingerprint density at radius 3 is 2.82 bits per heavy atom. The lowest BCUT2D eigenvalue weighted by Gasteiger charge is -2.17. The van der Waals surface area contributed by atoms with E-state index in [4.69, 9.17) is 5.11 Å². The van der Waals surface area contributed by atoms with E-state index in [1.54, 1.807) is 4.90 Å². The van der Waals surface area contributed by atoms with E-state index >= 15 is 0 Å². The Morgan fingerprint density at radius 1 is 1.35 bits per heavy atom. The zero-order valence-corrected chi connectivity index (χ0v) is 10.7. The number of carbonyl (C=O) groups is 2. The number of rotatable bonds is 3. The highest BCUT2D eigenvalue weighted by Gasteiger charge is 2.24. The van der Waals surface area contributed by atoms with Crippen molar-refractivity contribution < 1.29 is 14.7 Å². The number of anilines is 1. The number of hydrogen-bond donors (Lipinski definition) is 1. The van der Waals surface area contributed by atoms with Crippen LogP contribution in [0.4, 0.5) is 5.69 Å². The molecule has 0 radical (unpaired) electrons. The quantitative estimate of drug-likeness (QED) is 0.930. The largest absolute Gasteiger partial charge is 0.481 e. The van der Waals surface area contributed by atoms with Gasteiger partial charge in [-0.05, 0) is 24.1 Å². The van der Waals surface area contributed by atoms with E-state index in [-0.39, 0.29) is 18.7 Å². The third kappa shape index (κ3) is 2.66. The van der Waals surface area contributed by atoms with Crippen molar-refractivity contribution in [2.45, 2.75) is 19.3 Å². The Morgan fingerprint density at radius 2 is 2.12 bits per heavy atom. The zero-order valence-electron chi connectivity index (χ0n) is 9.15. The smallest absolute Gasteiger partial charge is 0.303 e. The fraction of sp³-hybridized carbons (Fsp3) is 0.333. The number of carboxylic acids is 1. The van der Waals surface area contributed by atoms with Crippen molar-refractivity contribution in [3.63, 3.8) is 0 Å². The molecule has 17 heavy (non-hydrogen) atoms. The van der Waals surface area contributed by atoms with Gasteiger partial charge in [-0.25, -0.2) is 0 Å². The molecule has 1 aliphatic heterocycles. The second-order valence-corrected chi connectivity index (χ2v) is 4.88. The van der Waals surface area contributed by atoms with Gasteiger partial charge in [0.05, 0.1) is 6.42 Å². The fourth-order valence-corrected chi connectivity index (χ4v) is 2.31. The molecule has 1 aromatic rings. The summed E-state index contributed by atoms with van der Waals surface area (Å²) in [6.45, 7) is 0.643. The first-order chi connectivity index (χ1) is 8.08. The molecule has 0 fully saturated rings. The third-order valence-corrected chi connectivity index (χ3v) is 3.29. The molecule has 90 valence electrons. The molecule has 1 aliphatic rings. The summed E-state index contributed by atoms with van der Waals surface area (Å²) in [6.07, 6.45) is 0.779. The minimum Gasteiger partial charge on any atom is -0.481 e. The van der Waals surface area contributed by atoms with Crippen LogP contribution in [0.25, 0.3) is 0 Å². The Bertz CT molecular complexity index is 473. The van der Waals surface area contributed by atoms with Crippen LogP contribution in [-0.2, 0) is 16.0 Å². The van der Waals surface area contributed by atoms with Crippen LogP contribution in [0.5, 0.6) is 0 Å². The summed E-state index contributed by atoms with van der Waals surface area (Å²) in [5.41, 5.74) is 2.03. The molecule has 4 nitrogen and oxygen atoms in total. The maximum atomic E-state index is 11.9. The summed E-state index contributed by atoms with van der Waals surface area (Å²) >= 11 is 3.37. The van der Waals surface area contributed by atoms with Gasteiger partial charge in [-0.1, -0.05) is 22.0 Å². The molecule has 5 heteroatoms. The maximum absolute atomic E-state index is 11.9. The molecule has 0 unspecified atom stereocenters. The van der Waals surface area contributed by atoms with Crippen LogP contribution in [-0.4, -0.2) is 23.5 Å². The number of carbonyl (C=O) groups excluding carboxylic acids is 1. The minimum atomic E-state index is -0.938. The van der Waals surface area contributed by atoms with Gasteiger partial charge >= 0.3 is 5.97 Å². The van der Waals surface area contributed by atoms with Crippen molar-refractivity contribution in [2.75, 3.05) is 11.4 Å². The number of hydrogen-bond acceptors (Lipinski definition) is 2. The van der Waals surface area contributed by atoms with Crippen LogP contribution in [0.2, 0.25) is 0 Å². The highest BCUT2D eigenvalue weighted by molar-refractivity contribution is 9.10. The average Bonchev–Trinajstić information content (AvgIpc) is 2.68. The molecule has 2 rings (SSSR count). The van der Waals surface area contributed by atoms with E-state index in [2.05, 4.69) is 15.9 Å². The van der Waals surface area contributed by atoms with Gasteiger partial charge in [-0.2, -0.15) is 0 Å². The number of amides is 1. The normalized spacial score (nSPS) is 13.6. The van der Waals surface area contributed by atoms with Crippen molar-refractivity contribution in [1.29, 1.82) is 0 Å². The van der Waals surface area contributed by atoms with Gasteiger partial charge in [-0.15, -0.1) is 0 Å². The second-order valence-electron chi connectivity index (χ2n) is 3.96. The highest BCUT2D eigenvalue weighted by atomic mass is 79.9. The van der Waals surface area contributed by atoms with E-state index in [9.17, 15) is 9.59 Å². The van der Waals surface area contributed by atoms with Crippen LogP contribution < -0.4 is 4.90 Å². The van der Waals surface area contributed by atoms with Crippen LogP contribution in [0.3, 0.4) is 0 Å². The molecule has 0 aromatic heterocycles. The standard InChI is InChI=1S/C12H12BrNO3/c13-9-2-1-8-5-6-14(10(8)7-9)11(15)3-4-12(16)17/h1-2,7H,3-6H2,(H,16,17). The monoisotopic (exact) mass is 297 g/mol. The van der Waals surface area contributed by atoms with Gasteiger partial charge in [0.2, 0.25) is 5.91 Å². The first-order valence-corrected chi connectivity index (χ1v) is 6.18. The Balaban J connectivity index is 2.13. The van der Waals surface area contributed by atoms with E-state index in [1.165, 1.54) is 0 Å². The molecule has 0 bridgehead atoms. The van der Waals surface area contributed by atoms with Gasteiger partial charge in [0, 0.05) is 23.1 Å². The number of halogens is 1. The van der Waals surface area contributed by atoms with Crippen LogP contribution in [0.15, 0.2) is 22.7 Å². The van der Waals surface area contributed by atoms with E-state index in [0.717, 1.165) is 22.1 Å². The third-order valence-electron chi connectivity index (χ3n) is 2.80. The van der Waals surface area contributed by atoms with Crippen LogP contribution >= 0.6 is 15.9 Å². The zero-order chi connectivity index (χ0) is 12.4. The van der Waals surface area contributed by atoms with E-state index in [1.807, 2.05) is 18.2 Å². The predicted molar refractivity (Wildman–Crippen MR) is 67.1 cm³/mol. The number of benzene rings is 1. The van der Waals surface area contributed by atoms with Gasteiger partial charge in [-0.3, -0.25) is 9.59 Å². The summed E-state index contributed by atoms with van der Waals surface area (Å²) in [6, 6.07) is 5.84. The SMILES string of the molecule is O=C(O)CCC(=O)N1CCc2ccc(Br)cc21. The van der Waals surface area contributed by atoms with Crippen molar-refractivity contribution in [2.24, 2.45) is 0 Å². The highest BCUT2D eigenvalue weighted by Crippen LogP contribution is 2.31. The molecule has 1 aromatic carbocycles. The molecule has 0 saturated carbocycles. The molecule has 0 spiro atoms. The molecular formula is C12H12BrNO3. The molecule has 1 heterocycles. The van der Waals surface area contributed by atoms with E-state index < -0.39 is 5.97 Å². The summed E-state index contributed by atoms with van der Waals surface area (Å²) in [4.78, 5) is 24.0. The summed E-state index contributed by atoms with van der Waals surface area (Å²) in [5.74, 6) is -1.06. The lowest BCUT2D eigenvalue weighted by Crippen LogP contribution is -2.29. The lowest BCUT2D eigenvalue weighted by atomic mass is 10.2. The average molecular weight is 298 g/mol. The minimum absolute atomic E-state index is 0.0568.